The number of hydrogen-bond donors (Lipinski definition) is 0. The molecule has 4 aliphatic rings. The van der Waals surface area contributed by atoms with Crippen LogP contribution in [0.1, 0.15) is 32.1 Å². The van der Waals surface area contributed by atoms with E-state index in [4.69, 9.17) is 0 Å². The molecule has 2 fully saturated rings. The molecule has 5 atom stereocenters. The molecule has 0 spiro atoms. The Morgan fingerprint density at radius 3 is 2.21 bits per heavy atom. The van der Waals surface area contributed by atoms with Crippen LogP contribution in [0.2, 0.25) is 16.7 Å². The van der Waals surface area contributed by atoms with E-state index in [0.717, 1.165) is 27.3 Å². The van der Waals surface area contributed by atoms with E-state index in [9.17, 15) is 0 Å². The number of hydrogen-bond acceptors (Lipinski definition) is 0. The molecule has 0 amide bonds. The smallest absolute Gasteiger partial charge is 1.00 e. The van der Waals surface area contributed by atoms with Crippen LogP contribution in [0.3, 0.4) is 0 Å². The zero-order valence-corrected chi connectivity index (χ0v) is 19.7. The third kappa shape index (κ3) is 3.68. The largest absolute Gasteiger partial charge is 1.00 e. The summed E-state index contributed by atoms with van der Waals surface area (Å²) in [5.41, 5.74) is -0.107. The van der Waals surface area contributed by atoms with Crippen molar-refractivity contribution in [2.75, 3.05) is 0 Å². The molecule has 0 N–H and O–H groups in total. The Kier molecular flexibility index (Phi) is 7.88. The summed E-state index contributed by atoms with van der Waals surface area (Å²) in [6.45, 7) is 5.29. The van der Waals surface area contributed by atoms with E-state index in [1.807, 2.05) is 3.28 Å². The molecule has 4 heteroatoms. The van der Waals surface area contributed by atoms with E-state index in [1.54, 1.807) is 6.42 Å². The van der Waals surface area contributed by atoms with Crippen LogP contribution in [0.15, 0.2) is 45.8 Å². The van der Waals surface area contributed by atoms with Crippen molar-refractivity contribution in [2.45, 2.75) is 48.8 Å². The maximum atomic E-state index is 2.64. The van der Waals surface area contributed by atoms with Gasteiger partial charge in [-0.2, -0.15) is 0 Å². The van der Waals surface area contributed by atoms with Gasteiger partial charge in [0.1, 0.15) is 0 Å². The Morgan fingerprint density at radius 1 is 0.917 bits per heavy atom. The second kappa shape index (κ2) is 9.03. The van der Waals surface area contributed by atoms with Crippen molar-refractivity contribution >= 4 is 5.43 Å². The molecule has 0 bridgehead atoms. The average molecular weight is 459 g/mol. The monoisotopic (exact) mass is 456 g/mol. The van der Waals surface area contributed by atoms with Crippen LogP contribution in [-0.4, -0.2) is 5.43 Å². The summed E-state index contributed by atoms with van der Waals surface area (Å²) in [5, 5.41) is 0. The zero-order valence-electron chi connectivity index (χ0n) is 14.7. The molecule has 4 rings (SSSR count). The Hall–Kier alpha value is 0.640. The summed E-state index contributed by atoms with van der Waals surface area (Å²) in [6.07, 6.45) is 24.6. The quantitative estimate of drug-likeness (QED) is 0.498. The molecule has 2 saturated carbocycles. The molecule has 0 aromatic rings. The standard InChI is InChI=1S/C13H17.C5H5.C2H6Si.2ClH.Zr/c1-3-7-12-10(5-1)9-11-6-2-4-8-13(11)12;1-2-4-5-3-1;1-3-2;;;/h1,3,5,7,9-13H,2,4,6,8H2;1-3H,4H2;1-2H3;2*1H;/q;;;;;+2/p-2. The van der Waals surface area contributed by atoms with Crippen molar-refractivity contribution in [3.63, 3.8) is 0 Å². The molecular formula is C20H28Cl2SiZr. The van der Waals surface area contributed by atoms with Crippen LogP contribution in [0.5, 0.6) is 0 Å². The molecule has 0 aromatic carbocycles. The first-order valence-corrected chi connectivity index (χ1v) is 18.0. The van der Waals surface area contributed by atoms with E-state index in [0.29, 0.717) is 0 Å². The van der Waals surface area contributed by atoms with Gasteiger partial charge in [-0.1, -0.05) is 0 Å². The van der Waals surface area contributed by atoms with Crippen molar-refractivity contribution in [3.8, 4) is 0 Å². The van der Waals surface area contributed by atoms with Gasteiger partial charge in [-0.25, -0.2) is 0 Å². The van der Waals surface area contributed by atoms with Gasteiger partial charge in [-0.15, -0.1) is 0 Å². The van der Waals surface area contributed by atoms with E-state index >= 15 is 0 Å². The summed E-state index contributed by atoms with van der Waals surface area (Å²) in [7, 11) is 0. The van der Waals surface area contributed by atoms with Crippen LogP contribution in [0.4, 0.5) is 0 Å². The van der Waals surface area contributed by atoms with Gasteiger partial charge in [-0.3, -0.25) is 0 Å². The van der Waals surface area contributed by atoms with Crippen LogP contribution >= 0.6 is 0 Å². The molecule has 4 aliphatic carbocycles. The summed E-state index contributed by atoms with van der Waals surface area (Å²) in [6, 6.07) is 0. The third-order valence-electron chi connectivity index (χ3n) is 6.46. The van der Waals surface area contributed by atoms with Gasteiger partial charge < -0.3 is 24.8 Å². The van der Waals surface area contributed by atoms with Crippen LogP contribution in [-0.2, 0) is 20.4 Å². The first-order chi connectivity index (χ1) is 10.8. The number of halogens is 2. The molecule has 0 saturated heterocycles. The van der Waals surface area contributed by atoms with Gasteiger partial charge in [-0.05, 0) is 0 Å². The molecule has 0 heterocycles. The van der Waals surface area contributed by atoms with E-state index in [2.05, 4.69) is 55.6 Å². The Morgan fingerprint density at radius 2 is 1.58 bits per heavy atom. The molecule has 5 unspecified atom stereocenters. The maximum absolute atomic E-state index is 2.64. The van der Waals surface area contributed by atoms with Crippen molar-refractivity contribution in [3.05, 3.63) is 45.8 Å². The maximum Gasteiger partial charge on any atom is -1.00 e. The summed E-state index contributed by atoms with van der Waals surface area (Å²) >= 11 is -1.48. The van der Waals surface area contributed by atoms with Gasteiger partial charge in [0.25, 0.3) is 0 Å². The molecule has 24 heavy (non-hydrogen) atoms. The fraction of sp³-hybridized carbons (Fsp3) is 0.600. The molecule has 130 valence electrons. The van der Waals surface area contributed by atoms with E-state index < -0.39 is 20.4 Å². The summed E-state index contributed by atoms with van der Waals surface area (Å²) in [5.74, 6) is 3.91. The Bertz CT molecular complexity index is 613. The van der Waals surface area contributed by atoms with Crippen LogP contribution < -0.4 is 24.8 Å². The van der Waals surface area contributed by atoms with Crippen molar-refractivity contribution in [2.24, 2.45) is 23.7 Å². The van der Waals surface area contributed by atoms with Gasteiger partial charge in [0.05, 0.1) is 0 Å². The SMILES string of the molecule is C[Si](C)=[Zr+2]([C]1=CC=CC1)[CH]1C2C=CC=CC2C2CCCCC21.[Cl-].[Cl-]. The fourth-order valence-corrected chi connectivity index (χ4v) is 26.6. The zero-order chi connectivity index (χ0) is 15.1. The molecular weight excluding hydrogens is 430 g/mol. The number of fused-ring (bicyclic) bond motifs is 3. The van der Waals surface area contributed by atoms with Crippen molar-refractivity contribution in [1.82, 2.24) is 0 Å². The predicted octanol–water partition coefficient (Wildman–Crippen LogP) is -0.326. The molecule has 0 nitrogen and oxygen atoms in total. The second-order valence-corrected chi connectivity index (χ2v) is 25.6. The Balaban J connectivity index is 0.00000104. The number of rotatable bonds is 2. The van der Waals surface area contributed by atoms with Gasteiger partial charge in [0, 0.05) is 0 Å². The first kappa shape index (κ1) is 20.9. The molecule has 0 radical (unpaired) electrons. The number of allylic oxidation sites excluding steroid dienone is 8. The Labute approximate surface area is 168 Å². The van der Waals surface area contributed by atoms with Gasteiger partial charge >= 0.3 is 144 Å². The minimum atomic E-state index is -1.48. The van der Waals surface area contributed by atoms with Gasteiger partial charge in [0.2, 0.25) is 0 Å². The van der Waals surface area contributed by atoms with E-state index in [1.165, 1.54) is 25.7 Å². The topological polar surface area (TPSA) is 0 Å². The van der Waals surface area contributed by atoms with Crippen molar-refractivity contribution < 1.29 is 45.2 Å². The summed E-state index contributed by atoms with van der Waals surface area (Å²) in [4.78, 5) is 0. The van der Waals surface area contributed by atoms with Crippen LogP contribution in [0.25, 0.3) is 0 Å². The predicted molar refractivity (Wildman–Crippen MR) is 93.8 cm³/mol. The average Bonchev–Trinajstić information content (AvgIpc) is 3.16. The van der Waals surface area contributed by atoms with Crippen LogP contribution in [0, 0.1) is 23.7 Å². The molecule has 0 aliphatic heterocycles. The normalized spacial score (nSPS) is 35.0. The molecule has 0 aromatic heterocycles. The minimum absolute atomic E-state index is 0. The van der Waals surface area contributed by atoms with Gasteiger partial charge in [0.15, 0.2) is 0 Å². The minimum Gasteiger partial charge on any atom is -1.00 e. The van der Waals surface area contributed by atoms with Crippen molar-refractivity contribution in [1.29, 1.82) is 0 Å². The third-order valence-corrected chi connectivity index (χ3v) is 25.6. The second-order valence-electron chi connectivity index (χ2n) is 7.80. The van der Waals surface area contributed by atoms with E-state index in [-0.39, 0.29) is 30.2 Å². The first-order valence-electron chi connectivity index (χ1n) is 9.16. The summed E-state index contributed by atoms with van der Waals surface area (Å²) < 4.78 is 3.08. The fourth-order valence-electron chi connectivity index (χ4n) is 5.75.